The number of nitrogens with zero attached hydrogens (tertiary/aromatic N) is 2. The average molecular weight is 206 g/mol. The van der Waals surface area contributed by atoms with Crippen LogP contribution in [0.1, 0.15) is 23.7 Å². The van der Waals surface area contributed by atoms with E-state index < -0.39 is 5.97 Å². The Kier molecular flexibility index (Phi) is 2.58. The number of aromatic carboxylic acids is 1. The Morgan fingerprint density at radius 1 is 1.67 bits per heavy atom. The fourth-order valence-corrected chi connectivity index (χ4v) is 1.82. The molecule has 80 valence electrons. The van der Waals surface area contributed by atoms with Gasteiger partial charge in [0.25, 0.3) is 0 Å². The summed E-state index contributed by atoms with van der Waals surface area (Å²) in [6.07, 6.45) is 2.78. The SMILES string of the molecule is CCC1CN(c2ncccc2C(=O)O)C1. The zero-order valence-corrected chi connectivity index (χ0v) is 8.68. The van der Waals surface area contributed by atoms with Crippen molar-refractivity contribution in [3.05, 3.63) is 23.9 Å². The van der Waals surface area contributed by atoms with Gasteiger partial charge in [0.15, 0.2) is 0 Å². The van der Waals surface area contributed by atoms with E-state index in [-0.39, 0.29) is 0 Å². The van der Waals surface area contributed by atoms with E-state index in [0.717, 1.165) is 19.5 Å². The monoisotopic (exact) mass is 206 g/mol. The molecular weight excluding hydrogens is 192 g/mol. The maximum Gasteiger partial charge on any atom is 0.339 e. The summed E-state index contributed by atoms with van der Waals surface area (Å²) in [6.45, 7) is 4.00. The Morgan fingerprint density at radius 2 is 2.40 bits per heavy atom. The number of carboxylic acids is 1. The third kappa shape index (κ3) is 1.79. The average Bonchev–Trinajstić information content (AvgIpc) is 2.16. The van der Waals surface area contributed by atoms with Gasteiger partial charge in [-0.2, -0.15) is 0 Å². The Balaban J connectivity index is 2.18. The molecule has 15 heavy (non-hydrogen) atoms. The number of anilines is 1. The van der Waals surface area contributed by atoms with Crippen molar-refractivity contribution < 1.29 is 9.90 Å². The summed E-state index contributed by atoms with van der Waals surface area (Å²) < 4.78 is 0. The summed E-state index contributed by atoms with van der Waals surface area (Å²) in [4.78, 5) is 17.1. The molecule has 0 atom stereocenters. The minimum Gasteiger partial charge on any atom is -0.478 e. The molecular formula is C11H14N2O2. The first-order valence-corrected chi connectivity index (χ1v) is 5.15. The Labute approximate surface area is 88.6 Å². The van der Waals surface area contributed by atoms with Gasteiger partial charge in [0.05, 0.1) is 0 Å². The maximum atomic E-state index is 11.0. The van der Waals surface area contributed by atoms with Gasteiger partial charge < -0.3 is 10.0 Å². The minimum absolute atomic E-state index is 0.298. The van der Waals surface area contributed by atoms with Crippen LogP contribution in [0.15, 0.2) is 18.3 Å². The van der Waals surface area contributed by atoms with Crippen LogP contribution in [-0.2, 0) is 0 Å². The van der Waals surface area contributed by atoms with Crippen molar-refractivity contribution in [2.75, 3.05) is 18.0 Å². The van der Waals surface area contributed by atoms with Gasteiger partial charge in [-0.1, -0.05) is 6.92 Å². The van der Waals surface area contributed by atoms with Crippen LogP contribution in [0, 0.1) is 5.92 Å². The summed E-state index contributed by atoms with van der Waals surface area (Å²) in [6, 6.07) is 3.26. The molecule has 1 N–H and O–H groups in total. The van der Waals surface area contributed by atoms with Crippen molar-refractivity contribution in [2.45, 2.75) is 13.3 Å². The summed E-state index contributed by atoms with van der Waals surface area (Å²) in [5.74, 6) is 0.390. The van der Waals surface area contributed by atoms with Gasteiger partial charge in [-0.05, 0) is 24.5 Å². The molecule has 1 aliphatic rings. The van der Waals surface area contributed by atoms with Crippen LogP contribution >= 0.6 is 0 Å². The Bertz CT molecular complexity index is 373. The standard InChI is InChI=1S/C11H14N2O2/c1-2-8-6-13(7-8)10-9(11(14)15)4-3-5-12-10/h3-5,8H,2,6-7H2,1H3,(H,14,15). The molecule has 0 amide bonds. The van der Waals surface area contributed by atoms with Crippen LogP contribution in [0.2, 0.25) is 0 Å². The second-order valence-corrected chi connectivity index (χ2v) is 3.86. The molecule has 1 aliphatic heterocycles. The number of carboxylic acid groups (broad SMARTS) is 1. The van der Waals surface area contributed by atoms with E-state index in [4.69, 9.17) is 5.11 Å². The third-order valence-electron chi connectivity index (χ3n) is 2.85. The van der Waals surface area contributed by atoms with Crippen molar-refractivity contribution in [3.8, 4) is 0 Å². The van der Waals surface area contributed by atoms with E-state index in [0.29, 0.717) is 17.3 Å². The lowest BCUT2D eigenvalue weighted by Gasteiger charge is -2.40. The highest BCUT2D eigenvalue weighted by Crippen LogP contribution is 2.27. The number of pyridine rings is 1. The van der Waals surface area contributed by atoms with Gasteiger partial charge in [-0.25, -0.2) is 9.78 Å². The number of aromatic nitrogens is 1. The molecule has 0 radical (unpaired) electrons. The highest BCUT2D eigenvalue weighted by Gasteiger charge is 2.28. The molecule has 0 aromatic carbocycles. The topological polar surface area (TPSA) is 53.4 Å². The summed E-state index contributed by atoms with van der Waals surface area (Å²) in [5.41, 5.74) is 0.298. The van der Waals surface area contributed by atoms with Gasteiger partial charge in [0.1, 0.15) is 11.4 Å². The maximum absolute atomic E-state index is 11.0. The highest BCUT2D eigenvalue weighted by atomic mass is 16.4. The number of carbonyl (C=O) groups is 1. The molecule has 4 heteroatoms. The summed E-state index contributed by atoms with van der Waals surface area (Å²) in [5, 5.41) is 8.99. The van der Waals surface area contributed by atoms with Crippen molar-refractivity contribution in [3.63, 3.8) is 0 Å². The molecule has 2 rings (SSSR count). The van der Waals surface area contributed by atoms with Crippen LogP contribution in [0.3, 0.4) is 0 Å². The summed E-state index contributed by atoms with van der Waals surface area (Å²) >= 11 is 0. The Hall–Kier alpha value is -1.58. The second-order valence-electron chi connectivity index (χ2n) is 3.86. The molecule has 1 aromatic heterocycles. The van der Waals surface area contributed by atoms with Crippen LogP contribution in [0.4, 0.5) is 5.82 Å². The van der Waals surface area contributed by atoms with Crippen molar-refractivity contribution in [1.82, 2.24) is 4.98 Å². The first kappa shape index (κ1) is 9.96. The molecule has 0 spiro atoms. The highest BCUT2D eigenvalue weighted by molar-refractivity contribution is 5.93. The molecule has 0 unspecified atom stereocenters. The van der Waals surface area contributed by atoms with Gasteiger partial charge in [0.2, 0.25) is 0 Å². The van der Waals surface area contributed by atoms with Gasteiger partial charge in [-0.15, -0.1) is 0 Å². The van der Waals surface area contributed by atoms with Crippen LogP contribution in [-0.4, -0.2) is 29.1 Å². The van der Waals surface area contributed by atoms with E-state index in [1.165, 1.54) is 0 Å². The molecule has 1 fully saturated rings. The number of hydrogen-bond acceptors (Lipinski definition) is 3. The smallest absolute Gasteiger partial charge is 0.339 e. The molecule has 2 heterocycles. The zero-order valence-electron chi connectivity index (χ0n) is 8.68. The second kappa shape index (κ2) is 3.88. The fraction of sp³-hybridized carbons (Fsp3) is 0.455. The van der Waals surface area contributed by atoms with Gasteiger partial charge in [-0.3, -0.25) is 0 Å². The normalized spacial score (nSPS) is 16.2. The molecule has 4 nitrogen and oxygen atoms in total. The number of rotatable bonds is 3. The van der Waals surface area contributed by atoms with E-state index in [2.05, 4.69) is 11.9 Å². The lowest BCUT2D eigenvalue weighted by atomic mass is 9.97. The predicted molar refractivity (Wildman–Crippen MR) is 57.2 cm³/mol. The summed E-state index contributed by atoms with van der Waals surface area (Å²) in [7, 11) is 0. The number of hydrogen-bond donors (Lipinski definition) is 1. The lowest BCUT2D eigenvalue weighted by Crippen LogP contribution is -2.47. The Morgan fingerprint density at radius 3 is 3.00 bits per heavy atom. The lowest BCUT2D eigenvalue weighted by molar-refractivity contribution is 0.0696. The first-order chi connectivity index (χ1) is 7.22. The van der Waals surface area contributed by atoms with Crippen molar-refractivity contribution >= 4 is 11.8 Å². The third-order valence-corrected chi connectivity index (χ3v) is 2.85. The van der Waals surface area contributed by atoms with Crippen LogP contribution in [0.25, 0.3) is 0 Å². The van der Waals surface area contributed by atoms with Crippen LogP contribution < -0.4 is 4.90 Å². The quantitative estimate of drug-likeness (QED) is 0.816. The molecule has 0 bridgehead atoms. The molecule has 0 aliphatic carbocycles. The largest absolute Gasteiger partial charge is 0.478 e. The van der Waals surface area contributed by atoms with E-state index >= 15 is 0 Å². The fourth-order valence-electron chi connectivity index (χ4n) is 1.82. The predicted octanol–water partition coefficient (Wildman–Crippen LogP) is 1.63. The van der Waals surface area contributed by atoms with E-state index in [9.17, 15) is 4.79 Å². The van der Waals surface area contributed by atoms with Gasteiger partial charge >= 0.3 is 5.97 Å². The van der Waals surface area contributed by atoms with E-state index in [1.807, 2.05) is 4.90 Å². The van der Waals surface area contributed by atoms with E-state index in [1.54, 1.807) is 18.3 Å². The first-order valence-electron chi connectivity index (χ1n) is 5.15. The van der Waals surface area contributed by atoms with Gasteiger partial charge in [0, 0.05) is 19.3 Å². The van der Waals surface area contributed by atoms with Crippen molar-refractivity contribution in [2.24, 2.45) is 5.92 Å². The molecule has 1 saturated heterocycles. The zero-order chi connectivity index (χ0) is 10.8. The van der Waals surface area contributed by atoms with Crippen LogP contribution in [0.5, 0.6) is 0 Å². The van der Waals surface area contributed by atoms with Crippen molar-refractivity contribution in [1.29, 1.82) is 0 Å². The minimum atomic E-state index is -0.905. The molecule has 1 aromatic rings. The molecule has 0 saturated carbocycles.